The minimum atomic E-state index is -0.370. The molecule has 2 heterocycles. The van der Waals surface area contributed by atoms with E-state index < -0.39 is 0 Å². The predicted molar refractivity (Wildman–Crippen MR) is 115 cm³/mol. The van der Waals surface area contributed by atoms with Crippen molar-refractivity contribution in [1.82, 2.24) is 5.32 Å². The second-order valence-corrected chi connectivity index (χ2v) is 8.17. The van der Waals surface area contributed by atoms with Gasteiger partial charge in [0, 0.05) is 23.7 Å². The van der Waals surface area contributed by atoms with Crippen LogP contribution in [0.25, 0.3) is 0 Å². The van der Waals surface area contributed by atoms with Crippen molar-refractivity contribution in [3.05, 3.63) is 53.6 Å². The molecule has 2 atom stereocenters. The molecule has 2 aromatic carbocycles. The first kappa shape index (κ1) is 19.8. The molecule has 0 aliphatic carbocycles. The van der Waals surface area contributed by atoms with Crippen molar-refractivity contribution in [3.8, 4) is 17.2 Å². The van der Waals surface area contributed by atoms with Gasteiger partial charge in [0.05, 0.1) is 0 Å². The lowest BCUT2D eigenvalue weighted by atomic mass is 9.90. The molecule has 5 heteroatoms. The summed E-state index contributed by atoms with van der Waals surface area (Å²) in [6, 6.07) is 13.6. The largest absolute Gasteiger partial charge is 0.508 e. The number of para-hydroxylation sites is 1. The number of hydrogen-bond acceptors (Lipinski definition) is 5. The van der Waals surface area contributed by atoms with Crippen LogP contribution in [0.2, 0.25) is 0 Å². The number of hydrogen-bond donors (Lipinski definition) is 2. The third-order valence-electron chi connectivity index (χ3n) is 5.80. The van der Waals surface area contributed by atoms with Crippen LogP contribution in [0.1, 0.15) is 69.5 Å². The summed E-state index contributed by atoms with van der Waals surface area (Å²) in [6.07, 6.45) is 6.48. The molecule has 0 aromatic heterocycles. The SMILES string of the molecule is CCCCCC[C@]1(C)N=C(c2ccc3c(c2)OCO3)C[C@@H](c2ccccc2O)N1. The monoisotopic (exact) mass is 394 g/mol. The molecule has 0 saturated heterocycles. The van der Waals surface area contributed by atoms with E-state index in [1.165, 1.54) is 19.3 Å². The Morgan fingerprint density at radius 1 is 1.10 bits per heavy atom. The quantitative estimate of drug-likeness (QED) is 0.623. The highest BCUT2D eigenvalue weighted by atomic mass is 16.7. The van der Waals surface area contributed by atoms with E-state index >= 15 is 0 Å². The highest BCUT2D eigenvalue weighted by molar-refractivity contribution is 6.02. The molecule has 2 aliphatic rings. The number of rotatable bonds is 7. The van der Waals surface area contributed by atoms with Crippen molar-refractivity contribution in [2.75, 3.05) is 6.79 Å². The van der Waals surface area contributed by atoms with E-state index in [9.17, 15) is 5.11 Å². The molecule has 0 amide bonds. The molecular weight excluding hydrogens is 364 g/mol. The van der Waals surface area contributed by atoms with Gasteiger partial charge in [-0.1, -0.05) is 44.4 Å². The van der Waals surface area contributed by atoms with Gasteiger partial charge in [0.25, 0.3) is 0 Å². The Balaban J connectivity index is 1.65. The fourth-order valence-electron chi connectivity index (χ4n) is 4.25. The Morgan fingerprint density at radius 3 is 2.76 bits per heavy atom. The maximum Gasteiger partial charge on any atom is 0.231 e. The molecule has 2 aliphatic heterocycles. The number of ether oxygens (including phenoxy) is 2. The van der Waals surface area contributed by atoms with E-state index in [4.69, 9.17) is 14.5 Å². The summed E-state index contributed by atoms with van der Waals surface area (Å²) in [6.45, 7) is 4.66. The number of unbranched alkanes of at least 4 members (excludes halogenated alkanes) is 3. The van der Waals surface area contributed by atoms with Crippen molar-refractivity contribution >= 4 is 5.71 Å². The Kier molecular flexibility index (Phi) is 5.76. The van der Waals surface area contributed by atoms with Gasteiger partial charge in [-0.15, -0.1) is 0 Å². The molecule has 0 fully saturated rings. The topological polar surface area (TPSA) is 63.1 Å². The van der Waals surface area contributed by atoms with Gasteiger partial charge in [-0.2, -0.15) is 0 Å². The van der Waals surface area contributed by atoms with E-state index in [0.29, 0.717) is 12.2 Å². The summed E-state index contributed by atoms with van der Waals surface area (Å²) >= 11 is 0. The van der Waals surface area contributed by atoms with Gasteiger partial charge in [0.15, 0.2) is 11.5 Å². The zero-order valence-electron chi connectivity index (χ0n) is 17.3. The second kappa shape index (κ2) is 8.46. The number of fused-ring (bicyclic) bond motifs is 1. The molecule has 4 rings (SSSR count). The van der Waals surface area contributed by atoms with Gasteiger partial charge >= 0.3 is 0 Å². The van der Waals surface area contributed by atoms with Crippen molar-refractivity contribution in [1.29, 1.82) is 0 Å². The van der Waals surface area contributed by atoms with Crippen molar-refractivity contribution < 1.29 is 14.6 Å². The zero-order chi connectivity index (χ0) is 20.3. The molecule has 29 heavy (non-hydrogen) atoms. The molecule has 0 radical (unpaired) electrons. The molecule has 154 valence electrons. The second-order valence-electron chi connectivity index (χ2n) is 8.17. The van der Waals surface area contributed by atoms with Crippen molar-refractivity contribution in [2.24, 2.45) is 4.99 Å². The maximum atomic E-state index is 10.4. The number of aliphatic imine (C=N–C) groups is 1. The fourth-order valence-corrected chi connectivity index (χ4v) is 4.25. The first-order valence-electron chi connectivity index (χ1n) is 10.6. The molecule has 0 unspecified atom stereocenters. The van der Waals surface area contributed by atoms with Crippen LogP contribution in [0, 0.1) is 0 Å². The predicted octanol–water partition coefficient (Wildman–Crippen LogP) is 5.33. The Morgan fingerprint density at radius 2 is 1.93 bits per heavy atom. The third kappa shape index (κ3) is 4.40. The van der Waals surface area contributed by atoms with Crippen LogP contribution >= 0.6 is 0 Å². The van der Waals surface area contributed by atoms with E-state index in [2.05, 4.69) is 25.2 Å². The Labute approximate surface area is 172 Å². The van der Waals surface area contributed by atoms with Gasteiger partial charge < -0.3 is 14.6 Å². The van der Waals surface area contributed by atoms with Gasteiger partial charge in [0.1, 0.15) is 11.4 Å². The van der Waals surface area contributed by atoms with Crippen molar-refractivity contribution in [3.63, 3.8) is 0 Å². The average Bonchev–Trinajstić information content (AvgIpc) is 3.19. The van der Waals surface area contributed by atoms with E-state index in [1.54, 1.807) is 6.07 Å². The molecule has 5 nitrogen and oxygen atoms in total. The first-order valence-corrected chi connectivity index (χ1v) is 10.6. The summed E-state index contributed by atoms with van der Waals surface area (Å²) < 4.78 is 11.0. The maximum absolute atomic E-state index is 10.4. The summed E-state index contributed by atoms with van der Waals surface area (Å²) in [7, 11) is 0. The lowest BCUT2D eigenvalue weighted by Gasteiger charge is -2.38. The van der Waals surface area contributed by atoms with Crippen LogP contribution in [0.5, 0.6) is 17.2 Å². The molecule has 0 bridgehead atoms. The van der Waals surface area contributed by atoms with Crippen LogP contribution in [0.4, 0.5) is 0 Å². The number of benzene rings is 2. The number of nitrogens with one attached hydrogen (secondary N) is 1. The number of aromatic hydroxyl groups is 1. The number of phenols is 1. The lowest BCUT2D eigenvalue weighted by Crippen LogP contribution is -2.47. The summed E-state index contributed by atoms with van der Waals surface area (Å²) in [5.41, 5.74) is 2.63. The standard InChI is InChI=1S/C24H30N2O3/c1-3-4-5-8-13-24(2)25-19(17-11-12-22-23(14-17)29-16-28-22)15-20(26-24)18-9-6-7-10-21(18)27/h6-7,9-12,14,20,26-27H,3-5,8,13,15-16H2,1-2H3/t20-,24+/m0/s1. The molecule has 0 spiro atoms. The van der Waals surface area contributed by atoms with Gasteiger partial charge in [0.2, 0.25) is 6.79 Å². The average molecular weight is 395 g/mol. The lowest BCUT2D eigenvalue weighted by molar-refractivity contribution is 0.174. The van der Waals surface area contributed by atoms with Crippen LogP contribution in [0.3, 0.4) is 0 Å². The van der Waals surface area contributed by atoms with Crippen molar-refractivity contribution in [2.45, 2.75) is 64.1 Å². The zero-order valence-corrected chi connectivity index (χ0v) is 17.3. The Bertz CT molecular complexity index is 895. The highest BCUT2D eigenvalue weighted by Crippen LogP contribution is 2.37. The van der Waals surface area contributed by atoms with E-state index in [-0.39, 0.29) is 18.5 Å². The molecular formula is C24H30N2O3. The van der Waals surface area contributed by atoms with E-state index in [1.807, 2.05) is 30.3 Å². The number of nitrogens with zero attached hydrogens (tertiary/aromatic N) is 1. The normalized spacial score (nSPS) is 23.1. The highest BCUT2D eigenvalue weighted by Gasteiger charge is 2.34. The van der Waals surface area contributed by atoms with Crippen LogP contribution in [0.15, 0.2) is 47.5 Å². The third-order valence-corrected chi connectivity index (χ3v) is 5.80. The summed E-state index contributed by atoms with van der Waals surface area (Å²) in [4.78, 5) is 5.14. The molecule has 0 saturated carbocycles. The minimum Gasteiger partial charge on any atom is -0.508 e. The van der Waals surface area contributed by atoms with Crippen LogP contribution in [-0.2, 0) is 0 Å². The van der Waals surface area contributed by atoms with Gasteiger partial charge in [-0.3, -0.25) is 10.3 Å². The Hall–Kier alpha value is -2.53. The molecule has 2 N–H and O–H groups in total. The van der Waals surface area contributed by atoms with Gasteiger partial charge in [-0.25, -0.2) is 0 Å². The summed E-state index contributed by atoms with van der Waals surface area (Å²) in [5, 5.41) is 14.2. The summed E-state index contributed by atoms with van der Waals surface area (Å²) in [5.74, 6) is 1.88. The number of phenolic OH excluding ortho intramolecular Hbond substituents is 1. The first-order chi connectivity index (χ1) is 14.1. The minimum absolute atomic E-state index is 0.00491. The van der Waals surface area contributed by atoms with Gasteiger partial charge in [-0.05, 0) is 49.6 Å². The van der Waals surface area contributed by atoms with Crippen LogP contribution in [-0.4, -0.2) is 23.3 Å². The molecule has 2 aromatic rings. The fraction of sp³-hybridized carbons (Fsp3) is 0.458. The van der Waals surface area contributed by atoms with E-state index in [0.717, 1.165) is 41.2 Å². The smallest absolute Gasteiger partial charge is 0.231 e. The van der Waals surface area contributed by atoms with Crippen LogP contribution < -0.4 is 14.8 Å².